The fraction of sp³-hybridized carbons (Fsp3) is 0.0968. The number of ether oxygens (including phenoxy) is 2. The van der Waals surface area contributed by atoms with Crippen LogP contribution in [0.15, 0.2) is 103 Å². The molecule has 1 N–H and O–H groups in total. The Kier molecular flexibility index (Phi) is 7.71. The molecular formula is C31H25ClN2O4. The van der Waals surface area contributed by atoms with Gasteiger partial charge in [-0.2, -0.15) is 0 Å². The lowest BCUT2D eigenvalue weighted by atomic mass is 10.1. The van der Waals surface area contributed by atoms with E-state index in [-0.39, 0.29) is 18.4 Å². The number of amides is 2. The number of hydrogen-bond donors (Lipinski definition) is 1. The molecule has 0 saturated carbocycles. The van der Waals surface area contributed by atoms with Gasteiger partial charge < -0.3 is 19.7 Å². The number of carbonyl (C=O) groups is 2. The fourth-order valence-electron chi connectivity index (χ4n) is 4.04. The summed E-state index contributed by atoms with van der Waals surface area (Å²) >= 11 is 6.11. The minimum atomic E-state index is -0.293. The molecule has 0 bridgehead atoms. The highest BCUT2D eigenvalue weighted by Gasteiger charge is 2.26. The second-order valence-electron chi connectivity index (χ2n) is 8.75. The van der Waals surface area contributed by atoms with E-state index < -0.39 is 0 Å². The molecule has 1 aliphatic heterocycles. The van der Waals surface area contributed by atoms with Gasteiger partial charge >= 0.3 is 0 Å². The van der Waals surface area contributed by atoms with Gasteiger partial charge in [0.2, 0.25) is 5.91 Å². The summed E-state index contributed by atoms with van der Waals surface area (Å²) < 4.78 is 11.4. The second kappa shape index (κ2) is 11.7. The van der Waals surface area contributed by atoms with Crippen LogP contribution >= 0.6 is 11.6 Å². The monoisotopic (exact) mass is 524 g/mol. The molecule has 4 aromatic rings. The largest absolute Gasteiger partial charge is 0.489 e. The molecule has 0 spiro atoms. The molecule has 0 unspecified atom stereocenters. The van der Waals surface area contributed by atoms with Crippen molar-refractivity contribution in [2.45, 2.75) is 13.2 Å². The molecule has 1 aliphatic rings. The summed E-state index contributed by atoms with van der Waals surface area (Å²) in [4.78, 5) is 26.9. The van der Waals surface area contributed by atoms with E-state index in [4.69, 9.17) is 21.1 Å². The fourth-order valence-corrected chi connectivity index (χ4v) is 4.26. The quantitative estimate of drug-likeness (QED) is 0.267. The van der Waals surface area contributed by atoms with Crippen LogP contribution in [0.2, 0.25) is 5.02 Å². The summed E-state index contributed by atoms with van der Waals surface area (Å²) in [6.07, 6.45) is 3.19. The zero-order chi connectivity index (χ0) is 26.3. The number of halogens is 1. The van der Waals surface area contributed by atoms with Crippen LogP contribution in [0.4, 0.5) is 11.4 Å². The van der Waals surface area contributed by atoms with Crippen molar-refractivity contribution in [2.24, 2.45) is 0 Å². The van der Waals surface area contributed by atoms with Crippen molar-refractivity contribution in [1.82, 2.24) is 0 Å². The maximum atomic E-state index is 12.6. The number of fused-ring (bicyclic) bond motifs is 1. The van der Waals surface area contributed by atoms with E-state index in [1.54, 1.807) is 35.2 Å². The van der Waals surface area contributed by atoms with E-state index in [1.807, 2.05) is 72.8 Å². The molecule has 0 aliphatic carbocycles. The van der Waals surface area contributed by atoms with Crippen LogP contribution in [0.25, 0.3) is 6.08 Å². The molecule has 0 atom stereocenters. The van der Waals surface area contributed by atoms with Crippen molar-refractivity contribution >= 4 is 40.9 Å². The highest BCUT2D eigenvalue weighted by molar-refractivity contribution is 6.30. The number of rotatable bonds is 8. The van der Waals surface area contributed by atoms with Gasteiger partial charge in [-0.3, -0.25) is 9.59 Å². The molecule has 0 fully saturated rings. The molecular weight excluding hydrogens is 500 g/mol. The molecule has 0 saturated heterocycles. The van der Waals surface area contributed by atoms with Crippen molar-refractivity contribution < 1.29 is 19.1 Å². The average molecular weight is 525 g/mol. The molecule has 0 radical (unpaired) electrons. The van der Waals surface area contributed by atoms with Gasteiger partial charge in [-0.1, -0.05) is 66.2 Å². The van der Waals surface area contributed by atoms with Crippen molar-refractivity contribution in [3.05, 3.63) is 125 Å². The summed E-state index contributed by atoms with van der Waals surface area (Å²) in [6, 6.07) is 30.1. The summed E-state index contributed by atoms with van der Waals surface area (Å²) in [6.45, 7) is 0.794. The van der Waals surface area contributed by atoms with Gasteiger partial charge in [0.05, 0.1) is 12.2 Å². The Morgan fingerprint density at radius 3 is 2.53 bits per heavy atom. The Balaban J connectivity index is 1.22. The molecule has 7 heteroatoms. The molecule has 190 valence electrons. The minimum absolute atomic E-state index is 0.0436. The first-order chi connectivity index (χ1) is 18.5. The number of hydrogen-bond acceptors (Lipinski definition) is 4. The van der Waals surface area contributed by atoms with E-state index in [9.17, 15) is 9.59 Å². The van der Waals surface area contributed by atoms with Gasteiger partial charge in [-0.15, -0.1) is 0 Å². The molecule has 1 heterocycles. The van der Waals surface area contributed by atoms with Gasteiger partial charge in [0.25, 0.3) is 5.91 Å². The van der Waals surface area contributed by atoms with E-state index in [2.05, 4.69) is 5.32 Å². The Bertz CT molecular complexity index is 1470. The third kappa shape index (κ3) is 6.41. The lowest BCUT2D eigenvalue weighted by Gasteiger charge is -2.30. The zero-order valence-electron chi connectivity index (χ0n) is 20.5. The zero-order valence-corrected chi connectivity index (χ0v) is 21.2. The smallest absolute Gasteiger partial charge is 0.265 e. The standard InChI is InChI=1S/C31H25ClN2O4/c32-25-8-4-7-24(17-25)19-34-28-18-26(12-15-29(28)38-21-31(34)36)33-30(35)16-11-22-9-13-27(14-10-22)37-20-23-5-2-1-3-6-23/h1-18H,19-21H2,(H,33,35)/b16-11+. The Morgan fingerprint density at radius 2 is 1.74 bits per heavy atom. The van der Waals surface area contributed by atoms with Gasteiger partial charge in [-0.05, 0) is 65.2 Å². The molecule has 4 aromatic carbocycles. The van der Waals surface area contributed by atoms with Gasteiger partial charge in [-0.25, -0.2) is 0 Å². The van der Waals surface area contributed by atoms with E-state index >= 15 is 0 Å². The van der Waals surface area contributed by atoms with Crippen molar-refractivity contribution in [3.8, 4) is 11.5 Å². The molecule has 6 nitrogen and oxygen atoms in total. The number of carbonyl (C=O) groups excluding carboxylic acids is 2. The highest BCUT2D eigenvalue weighted by Crippen LogP contribution is 2.35. The first-order valence-electron chi connectivity index (χ1n) is 12.1. The lowest BCUT2D eigenvalue weighted by molar-refractivity contribution is -0.121. The van der Waals surface area contributed by atoms with Crippen molar-refractivity contribution in [1.29, 1.82) is 0 Å². The Hall–Kier alpha value is -4.55. The summed E-state index contributed by atoms with van der Waals surface area (Å²) in [5, 5.41) is 3.46. The van der Waals surface area contributed by atoms with Crippen LogP contribution < -0.4 is 19.7 Å². The number of nitrogens with zero attached hydrogens (tertiary/aromatic N) is 1. The van der Waals surface area contributed by atoms with Crippen molar-refractivity contribution in [2.75, 3.05) is 16.8 Å². The van der Waals surface area contributed by atoms with Crippen LogP contribution in [-0.2, 0) is 22.7 Å². The van der Waals surface area contributed by atoms with Crippen LogP contribution in [0.3, 0.4) is 0 Å². The van der Waals surface area contributed by atoms with Crippen LogP contribution in [0.1, 0.15) is 16.7 Å². The van der Waals surface area contributed by atoms with Gasteiger partial charge in [0.1, 0.15) is 18.1 Å². The van der Waals surface area contributed by atoms with E-state index in [0.29, 0.717) is 35.3 Å². The third-order valence-electron chi connectivity index (χ3n) is 5.95. The minimum Gasteiger partial charge on any atom is -0.489 e. The van der Waals surface area contributed by atoms with Gasteiger partial charge in [0.15, 0.2) is 6.61 Å². The topological polar surface area (TPSA) is 67.9 Å². The highest BCUT2D eigenvalue weighted by atomic mass is 35.5. The number of benzene rings is 4. The van der Waals surface area contributed by atoms with Gasteiger partial charge in [0, 0.05) is 16.8 Å². The summed E-state index contributed by atoms with van der Waals surface area (Å²) in [5.74, 6) is 0.870. The van der Waals surface area contributed by atoms with Crippen LogP contribution in [-0.4, -0.2) is 18.4 Å². The average Bonchev–Trinajstić information content (AvgIpc) is 2.93. The van der Waals surface area contributed by atoms with E-state index in [1.165, 1.54) is 6.08 Å². The predicted molar refractivity (Wildman–Crippen MR) is 149 cm³/mol. The Morgan fingerprint density at radius 1 is 0.947 bits per heavy atom. The van der Waals surface area contributed by atoms with Crippen molar-refractivity contribution in [3.63, 3.8) is 0 Å². The molecule has 5 rings (SSSR count). The Labute approximate surface area is 226 Å². The second-order valence-corrected chi connectivity index (χ2v) is 9.18. The molecule has 38 heavy (non-hydrogen) atoms. The first-order valence-corrected chi connectivity index (χ1v) is 12.5. The normalized spacial score (nSPS) is 12.7. The first kappa shape index (κ1) is 25.1. The lowest BCUT2D eigenvalue weighted by Crippen LogP contribution is -2.38. The predicted octanol–water partition coefficient (Wildman–Crippen LogP) is 6.50. The maximum Gasteiger partial charge on any atom is 0.265 e. The maximum absolute atomic E-state index is 12.6. The third-order valence-corrected chi connectivity index (χ3v) is 6.19. The summed E-state index contributed by atoms with van der Waals surface area (Å²) in [5.41, 5.74) is 4.00. The van der Waals surface area contributed by atoms with Crippen LogP contribution in [0, 0.1) is 0 Å². The SMILES string of the molecule is O=C(/C=C/c1ccc(OCc2ccccc2)cc1)Nc1ccc2c(c1)N(Cc1cccc(Cl)c1)C(=O)CO2. The van der Waals surface area contributed by atoms with E-state index in [0.717, 1.165) is 22.4 Å². The number of nitrogens with one attached hydrogen (secondary N) is 1. The molecule has 2 amide bonds. The summed E-state index contributed by atoms with van der Waals surface area (Å²) in [7, 11) is 0. The number of anilines is 2. The molecule has 0 aromatic heterocycles. The van der Waals surface area contributed by atoms with Crippen LogP contribution in [0.5, 0.6) is 11.5 Å².